The Bertz CT molecular complexity index is 147. The molecule has 0 radical (unpaired) electrons. The molecule has 0 saturated carbocycles. The molecule has 1 aliphatic heterocycles. The van der Waals surface area contributed by atoms with Crippen molar-refractivity contribution in [2.45, 2.75) is 30.5 Å². The van der Waals surface area contributed by atoms with E-state index in [1.165, 1.54) is 0 Å². The largest absolute Gasteiger partial charge is 0.394 e. The molecule has 1 fully saturated rings. The van der Waals surface area contributed by atoms with Crippen LogP contribution in [0.3, 0.4) is 0 Å². The number of aliphatic hydroxyl groups is 4. The summed E-state index contributed by atoms with van der Waals surface area (Å²) >= 11 is 0. The van der Waals surface area contributed by atoms with Crippen molar-refractivity contribution in [2.75, 3.05) is 13.2 Å². The van der Waals surface area contributed by atoms with Crippen LogP contribution < -0.4 is 5.73 Å². The zero-order chi connectivity index (χ0) is 10.0. The van der Waals surface area contributed by atoms with Crippen LogP contribution in [-0.4, -0.2) is 64.1 Å². The van der Waals surface area contributed by atoms with Gasteiger partial charge in [-0.05, 0) is 0 Å². The summed E-state index contributed by atoms with van der Waals surface area (Å²) in [6.45, 7) is -0.386. The molecule has 0 aromatic heterocycles. The molecule has 5 atom stereocenters. The Balaban J connectivity index is 2.66. The lowest BCUT2D eigenvalue weighted by atomic mass is 9.95. The lowest BCUT2D eigenvalue weighted by Crippen LogP contribution is -2.60. The van der Waals surface area contributed by atoms with E-state index >= 15 is 0 Å². The van der Waals surface area contributed by atoms with Crippen molar-refractivity contribution < 1.29 is 25.2 Å². The van der Waals surface area contributed by atoms with Crippen LogP contribution in [0.5, 0.6) is 0 Å². The van der Waals surface area contributed by atoms with E-state index in [0.29, 0.717) is 0 Å². The second kappa shape index (κ2) is 4.32. The Morgan fingerprint density at radius 1 is 1.00 bits per heavy atom. The number of hydrogen-bond donors (Lipinski definition) is 5. The van der Waals surface area contributed by atoms with E-state index < -0.39 is 37.1 Å². The summed E-state index contributed by atoms with van der Waals surface area (Å²) in [6, 6.07) is 0. The summed E-state index contributed by atoms with van der Waals surface area (Å²) in [5.41, 5.74) is 5.26. The summed E-state index contributed by atoms with van der Waals surface area (Å²) < 4.78 is 5.04. The lowest BCUT2D eigenvalue weighted by Gasteiger charge is -2.39. The minimum Gasteiger partial charge on any atom is -0.394 e. The van der Waals surface area contributed by atoms with Crippen LogP contribution in [0.15, 0.2) is 0 Å². The van der Waals surface area contributed by atoms with Crippen LogP contribution in [0, 0.1) is 0 Å². The van der Waals surface area contributed by atoms with Crippen LogP contribution in [0.25, 0.3) is 0 Å². The van der Waals surface area contributed by atoms with Gasteiger partial charge in [-0.3, -0.25) is 0 Å². The molecule has 1 aliphatic rings. The van der Waals surface area contributed by atoms with Gasteiger partial charge in [-0.2, -0.15) is 0 Å². The maximum atomic E-state index is 9.32. The molecule has 0 amide bonds. The molecule has 78 valence electrons. The molecule has 6 heteroatoms. The Morgan fingerprint density at radius 3 is 2.00 bits per heavy atom. The molecular formula is C7H15NO5. The maximum Gasteiger partial charge on any atom is 0.111 e. The quantitative estimate of drug-likeness (QED) is 0.315. The van der Waals surface area contributed by atoms with Gasteiger partial charge in [0.1, 0.15) is 24.4 Å². The average Bonchev–Trinajstić information content (AvgIpc) is 2.15. The average molecular weight is 193 g/mol. The highest BCUT2D eigenvalue weighted by atomic mass is 16.5. The van der Waals surface area contributed by atoms with E-state index in [4.69, 9.17) is 15.6 Å². The van der Waals surface area contributed by atoms with Gasteiger partial charge >= 0.3 is 0 Å². The third-order valence-corrected chi connectivity index (χ3v) is 2.22. The molecule has 0 spiro atoms. The highest BCUT2D eigenvalue weighted by Gasteiger charge is 2.42. The van der Waals surface area contributed by atoms with E-state index in [1.54, 1.807) is 0 Å². The Hall–Kier alpha value is -0.240. The van der Waals surface area contributed by atoms with Crippen molar-refractivity contribution in [3.8, 4) is 0 Å². The van der Waals surface area contributed by atoms with E-state index in [0.717, 1.165) is 0 Å². The molecule has 6 N–H and O–H groups in total. The minimum absolute atomic E-state index is 0.0292. The first-order valence-electron chi connectivity index (χ1n) is 4.12. The molecule has 1 heterocycles. The Morgan fingerprint density at radius 2 is 1.54 bits per heavy atom. The SMILES string of the molecule is NC[C@@H]1O[C@H](CO)[C@H](O)[C@H](O)[C@H]1O. The molecule has 0 aromatic rings. The van der Waals surface area contributed by atoms with Crippen LogP contribution >= 0.6 is 0 Å². The van der Waals surface area contributed by atoms with Gasteiger partial charge in [-0.1, -0.05) is 0 Å². The second-order valence-corrected chi connectivity index (χ2v) is 3.10. The minimum atomic E-state index is -1.32. The number of hydrogen-bond acceptors (Lipinski definition) is 6. The van der Waals surface area contributed by atoms with Crippen molar-refractivity contribution in [3.63, 3.8) is 0 Å². The highest BCUT2D eigenvalue weighted by molar-refractivity contribution is 4.92. The molecule has 0 bridgehead atoms. The molecule has 0 unspecified atom stereocenters. The van der Waals surface area contributed by atoms with Gasteiger partial charge in [-0.15, -0.1) is 0 Å². The van der Waals surface area contributed by atoms with Crippen molar-refractivity contribution >= 4 is 0 Å². The standard InChI is InChI=1S/C7H15NO5/c8-1-3-5(10)7(12)6(11)4(2-9)13-3/h3-7,9-12H,1-2,8H2/t3-,4+,5-,6-,7+/m0/s1. The van der Waals surface area contributed by atoms with Crippen molar-refractivity contribution in [1.82, 2.24) is 0 Å². The highest BCUT2D eigenvalue weighted by Crippen LogP contribution is 2.20. The van der Waals surface area contributed by atoms with E-state index in [-0.39, 0.29) is 6.54 Å². The summed E-state index contributed by atoms with van der Waals surface area (Å²) in [4.78, 5) is 0. The third-order valence-electron chi connectivity index (χ3n) is 2.22. The van der Waals surface area contributed by atoms with Crippen LogP contribution in [0.2, 0.25) is 0 Å². The summed E-state index contributed by atoms with van der Waals surface area (Å²) in [6.07, 6.45) is -5.42. The van der Waals surface area contributed by atoms with Crippen molar-refractivity contribution in [1.29, 1.82) is 0 Å². The van der Waals surface area contributed by atoms with Crippen LogP contribution in [0.4, 0.5) is 0 Å². The van der Waals surface area contributed by atoms with Gasteiger partial charge in [0.2, 0.25) is 0 Å². The van der Waals surface area contributed by atoms with Gasteiger partial charge < -0.3 is 30.9 Å². The van der Waals surface area contributed by atoms with Gasteiger partial charge in [0.05, 0.1) is 12.7 Å². The van der Waals surface area contributed by atoms with E-state index in [9.17, 15) is 15.3 Å². The van der Waals surface area contributed by atoms with Crippen molar-refractivity contribution in [3.05, 3.63) is 0 Å². The molecule has 0 aromatic carbocycles. The first-order chi connectivity index (χ1) is 6.11. The Labute approximate surface area is 75.6 Å². The van der Waals surface area contributed by atoms with Gasteiger partial charge in [-0.25, -0.2) is 0 Å². The fourth-order valence-corrected chi connectivity index (χ4v) is 1.37. The normalized spacial score (nSPS) is 46.4. The Kier molecular flexibility index (Phi) is 3.60. The third kappa shape index (κ3) is 1.98. The lowest BCUT2D eigenvalue weighted by molar-refractivity contribution is -0.226. The zero-order valence-corrected chi connectivity index (χ0v) is 7.08. The smallest absolute Gasteiger partial charge is 0.111 e. The molecule has 1 rings (SSSR count). The number of nitrogens with two attached hydrogens (primary N) is 1. The van der Waals surface area contributed by atoms with Gasteiger partial charge in [0, 0.05) is 6.54 Å². The van der Waals surface area contributed by atoms with E-state index in [2.05, 4.69) is 0 Å². The number of rotatable bonds is 2. The first kappa shape index (κ1) is 10.8. The molecule has 1 saturated heterocycles. The predicted octanol–water partition coefficient (Wildman–Crippen LogP) is -3.21. The number of aliphatic hydroxyl groups excluding tert-OH is 4. The second-order valence-electron chi connectivity index (χ2n) is 3.10. The first-order valence-corrected chi connectivity index (χ1v) is 4.12. The van der Waals surface area contributed by atoms with Crippen LogP contribution in [0.1, 0.15) is 0 Å². The topological polar surface area (TPSA) is 116 Å². The summed E-state index contributed by atoms with van der Waals surface area (Å²) in [7, 11) is 0. The fourth-order valence-electron chi connectivity index (χ4n) is 1.37. The zero-order valence-electron chi connectivity index (χ0n) is 7.08. The van der Waals surface area contributed by atoms with E-state index in [1.807, 2.05) is 0 Å². The maximum absolute atomic E-state index is 9.32. The monoisotopic (exact) mass is 193 g/mol. The van der Waals surface area contributed by atoms with Gasteiger partial charge in [0.15, 0.2) is 0 Å². The fraction of sp³-hybridized carbons (Fsp3) is 1.00. The van der Waals surface area contributed by atoms with Crippen LogP contribution in [-0.2, 0) is 4.74 Å². The summed E-state index contributed by atoms with van der Waals surface area (Å²) in [5.74, 6) is 0. The predicted molar refractivity (Wildman–Crippen MR) is 42.8 cm³/mol. The molecule has 13 heavy (non-hydrogen) atoms. The van der Waals surface area contributed by atoms with Crippen molar-refractivity contribution in [2.24, 2.45) is 5.73 Å². The summed E-state index contributed by atoms with van der Waals surface area (Å²) in [5, 5.41) is 36.7. The van der Waals surface area contributed by atoms with Gasteiger partial charge in [0.25, 0.3) is 0 Å². The molecule has 0 aliphatic carbocycles. The number of ether oxygens (including phenoxy) is 1. The molecular weight excluding hydrogens is 178 g/mol. The molecule has 6 nitrogen and oxygen atoms in total.